The highest BCUT2D eigenvalue weighted by Gasteiger charge is 2.42. The summed E-state index contributed by atoms with van der Waals surface area (Å²) < 4.78 is 6.43. The van der Waals surface area contributed by atoms with Gasteiger partial charge in [-0.1, -0.05) is 20.8 Å². The first kappa shape index (κ1) is 15.7. The first-order valence-corrected chi connectivity index (χ1v) is 11.1. The van der Waals surface area contributed by atoms with Gasteiger partial charge in [-0.05, 0) is 31.0 Å². The van der Waals surface area contributed by atoms with E-state index < -0.39 is 8.32 Å². The second-order valence-corrected chi connectivity index (χ2v) is 12.9. The van der Waals surface area contributed by atoms with Crippen LogP contribution >= 0.6 is 0 Å². The Morgan fingerprint density at radius 3 is 2.41 bits per heavy atom. The second-order valence-electron chi connectivity index (χ2n) is 8.19. The van der Waals surface area contributed by atoms with Crippen molar-refractivity contribution in [2.24, 2.45) is 0 Å². The fraction of sp³-hybridized carbons (Fsp3) is 0.750. The second kappa shape index (κ2) is 5.20. The molecule has 1 aliphatic heterocycles. The van der Waals surface area contributed by atoms with Gasteiger partial charge < -0.3 is 15.1 Å². The number of hydrogen-bond acceptors (Lipinski definition) is 5. The van der Waals surface area contributed by atoms with E-state index in [-0.39, 0.29) is 5.04 Å². The van der Waals surface area contributed by atoms with Crippen LogP contribution in [-0.4, -0.2) is 37.5 Å². The minimum Gasteiger partial charge on any atom is -0.410 e. The van der Waals surface area contributed by atoms with Crippen LogP contribution in [0.15, 0.2) is 6.07 Å². The minimum absolute atomic E-state index is 0.256. The largest absolute Gasteiger partial charge is 0.410 e. The summed E-state index contributed by atoms with van der Waals surface area (Å²) in [6.07, 6.45) is 2.71. The first-order chi connectivity index (χ1) is 10.2. The van der Waals surface area contributed by atoms with E-state index >= 15 is 0 Å². The molecule has 1 aromatic rings. The molecule has 0 atom stereocenters. The Morgan fingerprint density at radius 2 is 1.86 bits per heavy atom. The number of nitrogens with zero attached hydrogens (tertiary/aromatic N) is 3. The number of anilines is 2. The normalized spacial score (nSPS) is 20.1. The van der Waals surface area contributed by atoms with Gasteiger partial charge in [-0.15, -0.1) is 0 Å². The van der Waals surface area contributed by atoms with Gasteiger partial charge in [0, 0.05) is 25.1 Å². The van der Waals surface area contributed by atoms with Crippen LogP contribution in [0.2, 0.25) is 18.1 Å². The van der Waals surface area contributed by atoms with Crippen LogP contribution in [-0.2, 0) is 4.43 Å². The molecule has 1 aromatic heterocycles. The molecule has 1 saturated carbocycles. The third-order valence-electron chi connectivity index (χ3n) is 5.13. The van der Waals surface area contributed by atoms with Crippen LogP contribution < -0.4 is 10.6 Å². The summed E-state index contributed by atoms with van der Waals surface area (Å²) in [5, 5.41) is 0.256. The Hall–Kier alpha value is -1.14. The molecule has 2 heterocycles. The van der Waals surface area contributed by atoms with Crippen molar-refractivity contribution < 1.29 is 4.43 Å². The maximum atomic E-state index is 6.43. The lowest BCUT2D eigenvalue weighted by Gasteiger charge is -2.46. The maximum Gasteiger partial charge on any atom is 0.192 e. The quantitative estimate of drug-likeness (QED) is 0.863. The minimum atomic E-state index is -1.68. The summed E-state index contributed by atoms with van der Waals surface area (Å²) in [5.74, 6) is 3.00. The van der Waals surface area contributed by atoms with E-state index in [4.69, 9.17) is 10.2 Å². The van der Waals surface area contributed by atoms with E-state index in [0.717, 1.165) is 24.7 Å². The summed E-state index contributed by atoms with van der Waals surface area (Å²) in [6.45, 7) is 13.3. The van der Waals surface area contributed by atoms with E-state index in [9.17, 15) is 0 Å². The fourth-order valence-electron chi connectivity index (χ4n) is 2.45. The lowest BCUT2D eigenvalue weighted by Crippen LogP contribution is -2.58. The summed E-state index contributed by atoms with van der Waals surface area (Å²) in [6, 6.07) is 1.88. The predicted molar refractivity (Wildman–Crippen MR) is 92.7 cm³/mol. The molecule has 0 spiro atoms. The van der Waals surface area contributed by atoms with E-state index in [0.29, 0.717) is 17.8 Å². The fourth-order valence-corrected chi connectivity index (χ4v) is 3.79. The number of nitrogens with two attached hydrogens (primary N) is 1. The van der Waals surface area contributed by atoms with Crippen LogP contribution in [0.1, 0.15) is 45.4 Å². The highest BCUT2D eigenvalue weighted by molar-refractivity contribution is 6.74. The molecule has 1 saturated heterocycles. The lowest BCUT2D eigenvalue weighted by molar-refractivity contribution is 0.148. The van der Waals surface area contributed by atoms with E-state index in [1.54, 1.807) is 0 Å². The number of nitrogen functional groups attached to an aromatic ring is 1. The molecule has 22 heavy (non-hydrogen) atoms. The Balaban J connectivity index is 1.62. The van der Waals surface area contributed by atoms with Gasteiger partial charge in [0.05, 0.1) is 6.10 Å². The average molecular weight is 321 g/mol. The van der Waals surface area contributed by atoms with E-state index in [1.165, 1.54) is 12.8 Å². The SMILES string of the molecule is CC(C)(C)[Si](C)(C)OC1CN(c2cc(N)nc(C3CC3)n2)C1. The third kappa shape index (κ3) is 3.13. The zero-order valence-electron chi connectivity index (χ0n) is 14.4. The topological polar surface area (TPSA) is 64.3 Å². The molecule has 0 aromatic carbocycles. The molecule has 0 unspecified atom stereocenters. The molecule has 122 valence electrons. The molecule has 3 rings (SSSR count). The molecule has 0 bridgehead atoms. The summed E-state index contributed by atoms with van der Waals surface area (Å²) in [5.41, 5.74) is 5.93. The molecular formula is C16H28N4OSi. The van der Waals surface area contributed by atoms with Gasteiger partial charge in [-0.3, -0.25) is 0 Å². The van der Waals surface area contributed by atoms with Gasteiger partial charge in [0.15, 0.2) is 8.32 Å². The van der Waals surface area contributed by atoms with Gasteiger partial charge in [-0.2, -0.15) is 0 Å². The van der Waals surface area contributed by atoms with E-state index in [2.05, 4.69) is 48.7 Å². The average Bonchev–Trinajstić information content (AvgIpc) is 3.15. The summed E-state index contributed by atoms with van der Waals surface area (Å²) >= 11 is 0. The zero-order chi connectivity index (χ0) is 16.1. The van der Waals surface area contributed by atoms with Crippen molar-refractivity contribution in [3.8, 4) is 0 Å². The Labute approximate surface area is 134 Å². The molecule has 2 aliphatic rings. The predicted octanol–water partition coefficient (Wildman–Crippen LogP) is 3.15. The molecule has 1 aliphatic carbocycles. The third-order valence-corrected chi connectivity index (χ3v) is 9.67. The van der Waals surface area contributed by atoms with Crippen molar-refractivity contribution in [3.63, 3.8) is 0 Å². The smallest absolute Gasteiger partial charge is 0.192 e. The van der Waals surface area contributed by atoms with Crippen LogP contribution in [0.5, 0.6) is 0 Å². The van der Waals surface area contributed by atoms with Crippen LogP contribution in [0, 0.1) is 0 Å². The molecule has 0 radical (unpaired) electrons. The van der Waals surface area contributed by atoms with Gasteiger partial charge in [0.25, 0.3) is 0 Å². The maximum absolute atomic E-state index is 6.43. The lowest BCUT2D eigenvalue weighted by atomic mass is 10.2. The number of rotatable bonds is 4. The van der Waals surface area contributed by atoms with Crippen molar-refractivity contribution in [2.45, 2.75) is 63.8 Å². The summed E-state index contributed by atoms with van der Waals surface area (Å²) in [4.78, 5) is 11.3. The molecule has 0 amide bonds. The highest BCUT2D eigenvalue weighted by atomic mass is 28.4. The van der Waals surface area contributed by atoms with Crippen molar-refractivity contribution in [3.05, 3.63) is 11.9 Å². The van der Waals surface area contributed by atoms with Gasteiger partial charge >= 0.3 is 0 Å². The highest BCUT2D eigenvalue weighted by Crippen LogP contribution is 2.40. The van der Waals surface area contributed by atoms with Crippen molar-refractivity contribution in [1.82, 2.24) is 9.97 Å². The Morgan fingerprint density at radius 1 is 1.23 bits per heavy atom. The molecule has 5 nitrogen and oxygen atoms in total. The van der Waals surface area contributed by atoms with E-state index in [1.807, 2.05) is 6.07 Å². The first-order valence-electron chi connectivity index (χ1n) is 8.23. The number of hydrogen-bond donors (Lipinski definition) is 1. The van der Waals surface area contributed by atoms with Crippen molar-refractivity contribution in [1.29, 1.82) is 0 Å². The molecule has 2 N–H and O–H groups in total. The van der Waals surface area contributed by atoms with Crippen LogP contribution in [0.4, 0.5) is 11.6 Å². The Kier molecular flexibility index (Phi) is 3.72. The number of aromatic nitrogens is 2. The van der Waals surface area contributed by atoms with Crippen LogP contribution in [0.3, 0.4) is 0 Å². The molecular weight excluding hydrogens is 292 g/mol. The standard InChI is InChI=1S/C16H28N4OSi/c1-16(2,3)22(4,5)21-12-9-20(10-12)14-8-13(17)18-15(19-14)11-6-7-11/h8,11-12H,6-7,9-10H2,1-5H3,(H2,17,18,19). The molecule has 2 fully saturated rings. The van der Waals surface area contributed by atoms with Gasteiger partial charge in [0.1, 0.15) is 17.5 Å². The summed E-state index contributed by atoms with van der Waals surface area (Å²) in [7, 11) is -1.68. The van der Waals surface area contributed by atoms with Gasteiger partial charge in [0.2, 0.25) is 0 Å². The molecule has 6 heteroatoms. The zero-order valence-corrected chi connectivity index (χ0v) is 15.4. The Bertz CT molecular complexity index is 560. The van der Waals surface area contributed by atoms with Crippen LogP contribution in [0.25, 0.3) is 0 Å². The van der Waals surface area contributed by atoms with Crippen molar-refractivity contribution in [2.75, 3.05) is 23.7 Å². The van der Waals surface area contributed by atoms with Gasteiger partial charge in [-0.25, -0.2) is 9.97 Å². The van der Waals surface area contributed by atoms with Crippen molar-refractivity contribution >= 4 is 20.0 Å². The monoisotopic (exact) mass is 320 g/mol.